The van der Waals surface area contributed by atoms with E-state index in [2.05, 4.69) is 39.3 Å². The lowest BCUT2D eigenvalue weighted by atomic mass is 9.85. The molecule has 0 unspecified atom stereocenters. The van der Waals surface area contributed by atoms with Crippen LogP contribution >= 0.6 is 22.9 Å². The maximum atomic E-state index is 12.9. The van der Waals surface area contributed by atoms with Gasteiger partial charge in [-0.2, -0.15) is 5.10 Å². The number of thiophene rings is 1. The molecule has 0 fully saturated rings. The Kier molecular flexibility index (Phi) is 6.35. The number of nitrogens with zero attached hydrogens (tertiary/aromatic N) is 2. The quantitative estimate of drug-likeness (QED) is 0.544. The summed E-state index contributed by atoms with van der Waals surface area (Å²) in [6.45, 7) is 4.16. The van der Waals surface area contributed by atoms with Crippen molar-refractivity contribution < 1.29 is 4.79 Å². The molecule has 2 aromatic rings. The topological polar surface area (TPSA) is 70.7 Å². The summed E-state index contributed by atoms with van der Waals surface area (Å²) in [7, 11) is 0. The van der Waals surface area contributed by atoms with Crippen LogP contribution in [0.15, 0.2) is 18.5 Å². The van der Waals surface area contributed by atoms with Gasteiger partial charge in [0.2, 0.25) is 0 Å². The Bertz CT molecular complexity index is 891. The number of hydrogen-bond donors (Lipinski definition) is 2. The minimum atomic E-state index is -0.614. The molecule has 0 aliphatic carbocycles. The van der Waals surface area contributed by atoms with Crippen molar-refractivity contribution in [2.45, 2.75) is 57.9 Å². The Morgan fingerprint density at radius 3 is 2.85 bits per heavy atom. The Morgan fingerprint density at radius 2 is 2.19 bits per heavy atom. The molecule has 7 heteroatoms. The zero-order valence-electron chi connectivity index (χ0n) is 15.6. The fraction of sp³-hybridized carbons (Fsp3) is 0.450. The zero-order chi connectivity index (χ0) is 19.3. The van der Waals surface area contributed by atoms with E-state index < -0.39 is 5.54 Å². The van der Waals surface area contributed by atoms with Crippen molar-refractivity contribution in [2.24, 2.45) is 0 Å². The van der Waals surface area contributed by atoms with E-state index in [1.54, 1.807) is 0 Å². The number of carbonyl (C=O) groups excluding carboxylic acids is 1. The average molecular weight is 403 g/mol. The summed E-state index contributed by atoms with van der Waals surface area (Å²) in [6, 6.07) is 3.78. The van der Waals surface area contributed by atoms with Crippen molar-refractivity contribution in [3.8, 4) is 11.8 Å². The highest BCUT2D eigenvalue weighted by atomic mass is 35.5. The molecule has 142 valence electrons. The van der Waals surface area contributed by atoms with E-state index in [-0.39, 0.29) is 5.91 Å². The molecule has 1 aliphatic rings. The molecule has 0 bridgehead atoms. The number of unbranched alkanes of at least 4 members (excludes halogenated alkanes) is 4. The van der Waals surface area contributed by atoms with Gasteiger partial charge in [-0.1, -0.05) is 43.7 Å². The van der Waals surface area contributed by atoms with Gasteiger partial charge < -0.3 is 5.32 Å². The summed E-state index contributed by atoms with van der Waals surface area (Å²) in [4.78, 5) is 18.1. The lowest BCUT2D eigenvalue weighted by molar-refractivity contribution is -0.117. The summed E-state index contributed by atoms with van der Waals surface area (Å²) in [5.41, 5.74) is 0.792. The van der Waals surface area contributed by atoms with Crippen LogP contribution in [0.25, 0.3) is 11.1 Å². The zero-order valence-corrected chi connectivity index (χ0v) is 17.1. The highest BCUT2D eigenvalue weighted by molar-refractivity contribution is 7.17. The van der Waals surface area contributed by atoms with Crippen molar-refractivity contribution in [3.05, 3.63) is 33.5 Å². The lowest BCUT2D eigenvalue weighted by Gasteiger charge is -2.32. The van der Waals surface area contributed by atoms with Gasteiger partial charge in [-0.05, 0) is 31.1 Å². The number of nitrogens with one attached hydrogen (secondary N) is 2. The van der Waals surface area contributed by atoms with E-state index >= 15 is 0 Å². The standard InChI is InChI=1S/C20H23ClN4OS/c1-3-4-5-6-7-8-11-20(2)12-14(15-9-10-16(21)27-15)17(19(26)24-20)18-22-13-23-25-18/h9-10,13H,3-7,12H2,1-2H3,(H,24,26)(H,22,23,25)/t20-/m1/s1. The van der Waals surface area contributed by atoms with Crippen LogP contribution in [0, 0.1) is 11.8 Å². The molecule has 5 nitrogen and oxygen atoms in total. The van der Waals surface area contributed by atoms with E-state index in [9.17, 15) is 4.79 Å². The molecule has 1 aliphatic heterocycles. The second-order valence-electron chi connectivity index (χ2n) is 6.87. The van der Waals surface area contributed by atoms with Crippen molar-refractivity contribution in [3.63, 3.8) is 0 Å². The second-order valence-corrected chi connectivity index (χ2v) is 8.58. The van der Waals surface area contributed by atoms with Crippen molar-refractivity contribution in [1.29, 1.82) is 0 Å². The first-order valence-corrected chi connectivity index (χ1v) is 10.4. The summed E-state index contributed by atoms with van der Waals surface area (Å²) in [5, 5.41) is 9.74. The molecule has 2 aromatic heterocycles. The van der Waals surface area contributed by atoms with Gasteiger partial charge in [0, 0.05) is 17.7 Å². The monoisotopic (exact) mass is 402 g/mol. The lowest BCUT2D eigenvalue weighted by Crippen LogP contribution is -2.48. The van der Waals surface area contributed by atoms with Gasteiger partial charge >= 0.3 is 0 Å². The van der Waals surface area contributed by atoms with Crippen molar-refractivity contribution in [2.75, 3.05) is 0 Å². The highest BCUT2D eigenvalue weighted by Gasteiger charge is 2.37. The number of H-pyrrole nitrogens is 1. The molecule has 2 N–H and O–H groups in total. The third-order valence-electron chi connectivity index (χ3n) is 4.49. The fourth-order valence-corrected chi connectivity index (χ4v) is 4.26. The molecule has 0 aromatic carbocycles. The van der Waals surface area contributed by atoms with Crippen molar-refractivity contribution in [1.82, 2.24) is 20.5 Å². The molecule has 3 rings (SSSR count). The normalized spacial score (nSPS) is 19.6. The van der Waals surface area contributed by atoms with E-state index in [0.29, 0.717) is 22.2 Å². The predicted molar refractivity (Wildman–Crippen MR) is 110 cm³/mol. The summed E-state index contributed by atoms with van der Waals surface area (Å²) in [6.07, 6.45) is 7.59. The van der Waals surface area contributed by atoms with E-state index in [0.717, 1.165) is 23.3 Å². The average Bonchev–Trinajstić information content (AvgIpc) is 3.29. The second kappa shape index (κ2) is 8.73. The van der Waals surface area contributed by atoms with Gasteiger partial charge in [-0.15, -0.1) is 17.3 Å². The molecule has 0 saturated carbocycles. The van der Waals surface area contributed by atoms with Gasteiger partial charge in [-0.3, -0.25) is 9.89 Å². The number of rotatable bonds is 6. The van der Waals surface area contributed by atoms with Crippen LogP contribution < -0.4 is 5.32 Å². The van der Waals surface area contributed by atoms with Gasteiger partial charge in [0.25, 0.3) is 5.91 Å². The minimum absolute atomic E-state index is 0.194. The van der Waals surface area contributed by atoms with Crippen molar-refractivity contribution >= 4 is 40.0 Å². The molecule has 0 saturated heterocycles. The molecule has 3 heterocycles. The summed E-state index contributed by atoms with van der Waals surface area (Å²) < 4.78 is 0.684. The highest BCUT2D eigenvalue weighted by Crippen LogP contribution is 2.39. The molecule has 27 heavy (non-hydrogen) atoms. The Labute approximate surface area is 168 Å². The molecular weight excluding hydrogens is 380 g/mol. The van der Waals surface area contributed by atoms with Crippen LogP contribution in [0.2, 0.25) is 4.34 Å². The number of amides is 1. The van der Waals surface area contributed by atoms with Crippen LogP contribution in [0.1, 0.15) is 63.1 Å². The van der Waals surface area contributed by atoms with Crippen LogP contribution in [0.4, 0.5) is 0 Å². The van der Waals surface area contributed by atoms with Gasteiger partial charge in [0.15, 0.2) is 5.82 Å². The Balaban J connectivity index is 1.89. The third kappa shape index (κ3) is 4.79. The summed E-state index contributed by atoms with van der Waals surface area (Å²) in [5.74, 6) is 6.81. The fourth-order valence-electron chi connectivity index (χ4n) is 3.17. The summed E-state index contributed by atoms with van der Waals surface area (Å²) >= 11 is 7.59. The number of aromatic nitrogens is 3. The molecule has 0 radical (unpaired) electrons. The number of hydrogen-bond acceptors (Lipinski definition) is 4. The van der Waals surface area contributed by atoms with Gasteiger partial charge in [-0.25, -0.2) is 4.98 Å². The van der Waals surface area contributed by atoms with Gasteiger partial charge in [0.05, 0.1) is 9.91 Å². The van der Waals surface area contributed by atoms with E-state index in [1.165, 1.54) is 36.9 Å². The maximum absolute atomic E-state index is 12.9. The SMILES string of the molecule is CCCCCCC#C[C@]1(C)CC(c2ccc(Cl)s2)=C(c2ncn[nH]2)C(=O)N1. The predicted octanol–water partition coefficient (Wildman–Crippen LogP) is 4.68. The van der Waals surface area contributed by atoms with Crippen LogP contribution in [0.3, 0.4) is 0 Å². The van der Waals surface area contributed by atoms with E-state index in [4.69, 9.17) is 11.6 Å². The van der Waals surface area contributed by atoms with Crippen LogP contribution in [0.5, 0.6) is 0 Å². The third-order valence-corrected chi connectivity index (χ3v) is 5.78. The largest absolute Gasteiger partial charge is 0.336 e. The number of carbonyl (C=O) groups is 1. The minimum Gasteiger partial charge on any atom is -0.336 e. The van der Waals surface area contributed by atoms with Crippen LogP contribution in [-0.2, 0) is 4.79 Å². The first-order chi connectivity index (χ1) is 13.0. The van der Waals surface area contributed by atoms with Gasteiger partial charge in [0.1, 0.15) is 11.9 Å². The van der Waals surface area contributed by atoms with E-state index in [1.807, 2.05) is 19.1 Å². The smallest absolute Gasteiger partial charge is 0.256 e. The molecular formula is C20H23ClN4OS. The first kappa shape index (κ1) is 19.7. The maximum Gasteiger partial charge on any atom is 0.256 e. The van der Waals surface area contributed by atoms with Crippen LogP contribution in [-0.4, -0.2) is 26.6 Å². The molecule has 0 spiro atoms. The Morgan fingerprint density at radius 1 is 1.33 bits per heavy atom. The first-order valence-electron chi connectivity index (χ1n) is 9.19. The number of halogens is 1. The molecule has 1 amide bonds. The molecule has 1 atom stereocenters. The Hall–Kier alpha value is -2.10. The number of aromatic amines is 1.